The van der Waals surface area contributed by atoms with Crippen LogP contribution in [0.3, 0.4) is 0 Å². The van der Waals surface area contributed by atoms with Crippen molar-refractivity contribution in [3.05, 3.63) is 142 Å². The molecule has 2 aromatic carbocycles. The first-order valence-corrected chi connectivity index (χ1v) is 15.3. The molecule has 0 atom stereocenters. The number of nitrogens with one attached hydrogen (secondary N) is 1. The van der Waals surface area contributed by atoms with Crippen LogP contribution in [0.1, 0.15) is 24.0 Å². The summed E-state index contributed by atoms with van der Waals surface area (Å²) >= 11 is 0. The summed E-state index contributed by atoms with van der Waals surface area (Å²) in [4.78, 5) is 4.06. The molecule has 0 heterocycles. The predicted molar refractivity (Wildman–Crippen MR) is 189 cm³/mol. The molecule has 9 nitrogen and oxygen atoms in total. The number of rotatable bonds is 12. The van der Waals surface area contributed by atoms with Crippen LogP contribution in [0.4, 0.5) is 0 Å². The quantitative estimate of drug-likeness (QED) is 0.152. The largest absolute Gasteiger partial charge is 0.357 e. The second-order valence-corrected chi connectivity index (χ2v) is 11.3. The van der Waals surface area contributed by atoms with Crippen molar-refractivity contribution in [3.63, 3.8) is 0 Å². The molecule has 0 spiro atoms. The van der Waals surface area contributed by atoms with E-state index in [4.69, 9.17) is 0 Å². The number of allylic oxidation sites excluding steroid dienone is 13. The van der Waals surface area contributed by atoms with Crippen LogP contribution in [-0.2, 0) is 0 Å². The minimum atomic E-state index is -1.11. The first kappa shape index (κ1) is 36.7. The Morgan fingerprint density at radius 3 is 1.84 bits per heavy atom. The summed E-state index contributed by atoms with van der Waals surface area (Å²) in [5.74, 6) is -1.11. The molecule has 0 aliphatic heterocycles. The minimum Gasteiger partial charge on any atom is -0.357 e. The Morgan fingerprint density at radius 1 is 0.735 bits per heavy atom. The fourth-order valence-corrected chi connectivity index (χ4v) is 5.41. The zero-order valence-corrected chi connectivity index (χ0v) is 27.9. The van der Waals surface area contributed by atoms with Crippen LogP contribution in [0, 0.1) is 73.9 Å². The maximum Gasteiger partial charge on any atom is 0.160 e. The van der Waals surface area contributed by atoms with Gasteiger partial charge in [0.25, 0.3) is 0 Å². The zero-order valence-electron chi connectivity index (χ0n) is 27.9. The monoisotopic (exact) mass is 641 g/mol. The molecule has 0 amide bonds. The van der Waals surface area contributed by atoms with Crippen molar-refractivity contribution in [3.8, 4) is 36.4 Å². The van der Waals surface area contributed by atoms with Crippen molar-refractivity contribution >= 4 is 11.1 Å². The SMILES string of the molecule is CN(C)C(NC1=C(/C=C/C=C(\C#N)C(=C(C#N)C#N)c2ccccc2)CC\C1=C/C=C/C(C#N)=C(\c1ccccc1)C(C#N)C#N)N(C)C. The molecule has 3 rings (SSSR count). The molecule has 1 aliphatic carbocycles. The molecule has 49 heavy (non-hydrogen) atoms. The summed E-state index contributed by atoms with van der Waals surface area (Å²) in [6.45, 7) is 0. The van der Waals surface area contributed by atoms with E-state index in [0.29, 0.717) is 29.5 Å². The predicted octanol–water partition coefficient (Wildman–Crippen LogP) is 6.66. The van der Waals surface area contributed by atoms with E-state index in [0.717, 1.165) is 16.8 Å². The maximum atomic E-state index is 10.1. The number of nitriles is 6. The maximum absolute atomic E-state index is 10.1. The average Bonchev–Trinajstić information content (AvgIpc) is 3.50. The highest BCUT2D eigenvalue weighted by Crippen LogP contribution is 2.33. The van der Waals surface area contributed by atoms with E-state index in [2.05, 4.69) is 17.5 Å². The molecule has 0 fully saturated rings. The smallest absolute Gasteiger partial charge is 0.160 e. The van der Waals surface area contributed by atoms with Gasteiger partial charge in [-0.3, -0.25) is 9.80 Å². The highest BCUT2D eigenvalue weighted by molar-refractivity contribution is 5.89. The van der Waals surface area contributed by atoms with Crippen LogP contribution in [0.2, 0.25) is 0 Å². The van der Waals surface area contributed by atoms with Crippen LogP contribution in [0.15, 0.2) is 131 Å². The van der Waals surface area contributed by atoms with Crippen molar-refractivity contribution in [2.24, 2.45) is 5.92 Å². The van der Waals surface area contributed by atoms with Crippen molar-refractivity contribution in [2.45, 2.75) is 19.1 Å². The lowest BCUT2D eigenvalue weighted by Gasteiger charge is -2.33. The standard InChI is InChI=1S/C40H35N9/c1-48(2)40(49(3)4)47-39-31(17-11-19-33(23-41)37(35(25-43)26-44)29-13-7-5-8-14-29)21-22-32(39)18-12-20-34(24-42)38(36(27-45)28-46)30-15-9-6-10-16-30/h5-20,35,40,47H,21-22H2,1-4H3/b18-12+,19-11+,31-17+,34-20+,37-33-. The lowest BCUT2D eigenvalue weighted by molar-refractivity contribution is 0.107. The van der Waals surface area contributed by atoms with E-state index in [-0.39, 0.29) is 28.6 Å². The van der Waals surface area contributed by atoms with Gasteiger partial charge < -0.3 is 5.32 Å². The normalized spacial score (nSPS) is 14.4. The lowest BCUT2D eigenvalue weighted by Crippen LogP contribution is -2.50. The molecule has 9 heteroatoms. The number of hydrogen-bond acceptors (Lipinski definition) is 9. The Hall–Kier alpha value is -6.72. The zero-order chi connectivity index (χ0) is 35.8. The Balaban J connectivity index is 2.13. The van der Waals surface area contributed by atoms with Gasteiger partial charge in [-0.1, -0.05) is 85.0 Å². The summed E-state index contributed by atoms with van der Waals surface area (Å²) < 4.78 is 0. The first-order valence-electron chi connectivity index (χ1n) is 15.3. The van der Waals surface area contributed by atoms with E-state index >= 15 is 0 Å². The Morgan fingerprint density at radius 2 is 1.33 bits per heavy atom. The van der Waals surface area contributed by atoms with Gasteiger partial charge in [0.05, 0.1) is 35.4 Å². The third-order valence-corrected chi connectivity index (χ3v) is 7.65. The van der Waals surface area contributed by atoms with Crippen molar-refractivity contribution in [2.75, 3.05) is 28.2 Å². The van der Waals surface area contributed by atoms with E-state index in [1.54, 1.807) is 72.8 Å². The Labute approximate surface area is 288 Å². The molecule has 240 valence electrons. The van der Waals surface area contributed by atoms with Crippen molar-refractivity contribution in [1.29, 1.82) is 31.6 Å². The second-order valence-electron chi connectivity index (χ2n) is 11.3. The summed E-state index contributed by atoms with van der Waals surface area (Å²) in [6.07, 6.45) is 11.8. The molecule has 0 aromatic heterocycles. The average molecular weight is 642 g/mol. The van der Waals surface area contributed by atoms with Crippen LogP contribution in [0.5, 0.6) is 0 Å². The molecular formula is C40H35N9. The van der Waals surface area contributed by atoms with Crippen LogP contribution >= 0.6 is 0 Å². The van der Waals surface area contributed by atoms with E-state index in [1.807, 2.05) is 86.6 Å². The topological polar surface area (TPSA) is 161 Å². The second kappa shape index (κ2) is 18.4. The van der Waals surface area contributed by atoms with Gasteiger partial charge in [0.15, 0.2) is 5.92 Å². The van der Waals surface area contributed by atoms with Gasteiger partial charge in [-0.15, -0.1) is 0 Å². The van der Waals surface area contributed by atoms with E-state index in [1.165, 1.54) is 0 Å². The van der Waals surface area contributed by atoms with Crippen molar-refractivity contribution in [1.82, 2.24) is 15.1 Å². The molecule has 0 radical (unpaired) electrons. The lowest BCUT2D eigenvalue weighted by atomic mass is 9.90. The first-order chi connectivity index (χ1) is 23.7. The molecule has 2 aromatic rings. The number of nitrogens with zero attached hydrogens (tertiary/aromatic N) is 8. The Kier molecular flexibility index (Phi) is 13.8. The minimum absolute atomic E-state index is 0.149. The molecule has 1 N–H and O–H groups in total. The summed E-state index contributed by atoms with van der Waals surface area (Å²) in [5.41, 5.74) is 4.94. The molecule has 0 unspecified atom stereocenters. The molecule has 1 aliphatic rings. The van der Waals surface area contributed by atoms with E-state index in [9.17, 15) is 31.6 Å². The van der Waals surface area contributed by atoms with Crippen LogP contribution < -0.4 is 5.32 Å². The highest BCUT2D eigenvalue weighted by atomic mass is 15.4. The fraction of sp³-hybridized carbons (Fsp3) is 0.200. The summed E-state index contributed by atoms with van der Waals surface area (Å²) in [6, 6.07) is 30.0. The van der Waals surface area contributed by atoms with Crippen molar-refractivity contribution < 1.29 is 0 Å². The molecule has 0 saturated carbocycles. The number of hydrogen-bond donors (Lipinski definition) is 1. The number of benzene rings is 2. The van der Waals surface area contributed by atoms with Crippen LogP contribution in [0.25, 0.3) is 11.1 Å². The van der Waals surface area contributed by atoms with Gasteiger partial charge in [-0.05, 0) is 75.5 Å². The van der Waals surface area contributed by atoms with Crippen LogP contribution in [-0.4, -0.2) is 44.3 Å². The third-order valence-electron chi connectivity index (χ3n) is 7.65. The van der Waals surface area contributed by atoms with Gasteiger partial charge in [0, 0.05) is 16.8 Å². The van der Waals surface area contributed by atoms with E-state index < -0.39 is 5.92 Å². The van der Waals surface area contributed by atoms with Gasteiger partial charge in [0.1, 0.15) is 24.0 Å². The van der Waals surface area contributed by atoms with Gasteiger partial charge in [0.2, 0.25) is 0 Å². The van der Waals surface area contributed by atoms with Gasteiger partial charge in [-0.2, -0.15) is 31.6 Å². The third kappa shape index (κ3) is 9.41. The van der Waals surface area contributed by atoms with Gasteiger partial charge in [-0.25, -0.2) is 0 Å². The molecule has 0 saturated heterocycles. The van der Waals surface area contributed by atoms with Gasteiger partial charge >= 0.3 is 0 Å². The summed E-state index contributed by atoms with van der Waals surface area (Å²) in [7, 11) is 7.85. The fourth-order valence-electron chi connectivity index (χ4n) is 5.41. The molecule has 0 bridgehead atoms. The summed E-state index contributed by atoms with van der Waals surface area (Å²) in [5, 5.41) is 62.3. The Bertz CT molecular complexity index is 1960. The molecular weight excluding hydrogens is 607 g/mol. The highest BCUT2D eigenvalue weighted by Gasteiger charge is 2.23.